The molecule has 1 aliphatic rings. The molecule has 2 amide bonds. The average Bonchev–Trinajstić information content (AvgIpc) is 3.03. The van der Waals surface area contributed by atoms with Crippen LogP contribution in [-0.2, 0) is 4.79 Å². The zero-order valence-corrected chi connectivity index (χ0v) is 12.3. The summed E-state index contributed by atoms with van der Waals surface area (Å²) in [5.41, 5.74) is -0.288. The number of para-hydroxylation sites is 1. The van der Waals surface area contributed by atoms with Crippen molar-refractivity contribution >= 4 is 17.5 Å². The van der Waals surface area contributed by atoms with Crippen molar-refractivity contribution in [2.24, 2.45) is 0 Å². The highest BCUT2D eigenvalue weighted by Gasteiger charge is 2.17. The van der Waals surface area contributed by atoms with E-state index in [1.165, 1.54) is 18.2 Å². The van der Waals surface area contributed by atoms with E-state index in [9.17, 15) is 18.4 Å². The van der Waals surface area contributed by atoms with Gasteiger partial charge in [0.05, 0.1) is 6.54 Å². The Hall–Kier alpha value is -3.16. The van der Waals surface area contributed by atoms with Crippen LogP contribution in [0.5, 0.6) is 11.5 Å². The SMILES string of the molecule is O=C(CNC(=O)c1ccc2c(c1)OCO2)Nc1c(F)cccc1F. The first-order valence-corrected chi connectivity index (χ1v) is 6.96. The lowest BCUT2D eigenvalue weighted by atomic mass is 10.2. The van der Waals surface area contributed by atoms with Crippen molar-refractivity contribution in [1.82, 2.24) is 5.32 Å². The summed E-state index contributed by atoms with van der Waals surface area (Å²) in [5, 5.41) is 4.44. The van der Waals surface area contributed by atoms with Crippen LogP contribution < -0.4 is 20.1 Å². The molecule has 24 heavy (non-hydrogen) atoms. The Morgan fingerprint density at radius 2 is 1.75 bits per heavy atom. The molecule has 6 nitrogen and oxygen atoms in total. The summed E-state index contributed by atoms with van der Waals surface area (Å²) in [6.45, 7) is -0.363. The summed E-state index contributed by atoms with van der Waals surface area (Å²) in [4.78, 5) is 23.7. The molecule has 0 saturated heterocycles. The van der Waals surface area contributed by atoms with Crippen LogP contribution in [0.15, 0.2) is 36.4 Å². The van der Waals surface area contributed by atoms with Gasteiger partial charge < -0.3 is 20.1 Å². The summed E-state index contributed by atoms with van der Waals surface area (Å²) in [6, 6.07) is 7.78. The van der Waals surface area contributed by atoms with Crippen LogP contribution in [0.1, 0.15) is 10.4 Å². The Morgan fingerprint density at radius 1 is 1.04 bits per heavy atom. The number of carbonyl (C=O) groups excluding carboxylic acids is 2. The van der Waals surface area contributed by atoms with Crippen LogP contribution in [0.3, 0.4) is 0 Å². The van der Waals surface area contributed by atoms with Crippen molar-refractivity contribution in [2.75, 3.05) is 18.7 Å². The van der Waals surface area contributed by atoms with Crippen molar-refractivity contribution in [1.29, 1.82) is 0 Å². The van der Waals surface area contributed by atoms with Gasteiger partial charge >= 0.3 is 0 Å². The van der Waals surface area contributed by atoms with E-state index in [-0.39, 0.29) is 12.4 Å². The standard InChI is InChI=1S/C16H12F2N2O4/c17-10-2-1-3-11(18)15(10)20-14(21)7-19-16(22)9-4-5-12-13(6-9)24-8-23-12/h1-6H,7-8H2,(H,19,22)(H,20,21). The molecule has 1 aliphatic heterocycles. The normalized spacial score (nSPS) is 11.9. The predicted octanol–water partition coefficient (Wildman–Crippen LogP) is 2.06. The molecular weight excluding hydrogens is 322 g/mol. The maximum atomic E-state index is 13.4. The molecule has 0 atom stereocenters. The predicted molar refractivity (Wildman–Crippen MR) is 79.9 cm³/mol. The van der Waals surface area contributed by atoms with Gasteiger partial charge in [-0.05, 0) is 30.3 Å². The molecule has 124 valence electrons. The number of fused-ring (bicyclic) bond motifs is 1. The van der Waals surface area contributed by atoms with Gasteiger partial charge in [-0.25, -0.2) is 8.78 Å². The monoisotopic (exact) mass is 334 g/mol. The number of hydrogen-bond donors (Lipinski definition) is 2. The quantitative estimate of drug-likeness (QED) is 0.897. The van der Waals surface area contributed by atoms with Crippen LogP contribution in [0.25, 0.3) is 0 Å². The molecule has 0 aromatic heterocycles. The second-order valence-corrected chi connectivity index (χ2v) is 4.90. The molecule has 1 heterocycles. The fourth-order valence-electron chi connectivity index (χ4n) is 2.10. The highest BCUT2D eigenvalue weighted by Crippen LogP contribution is 2.32. The highest BCUT2D eigenvalue weighted by molar-refractivity contribution is 5.99. The Morgan fingerprint density at radius 3 is 2.50 bits per heavy atom. The molecule has 2 N–H and O–H groups in total. The number of ether oxygens (including phenoxy) is 2. The van der Waals surface area contributed by atoms with E-state index in [0.717, 1.165) is 12.1 Å². The second-order valence-electron chi connectivity index (χ2n) is 4.90. The minimum atomic E-state index is -0.898. The Balaban J connectivity index is 1.59. The van der Waals surface area contributed by atoms with Gasteiger partial charge in [0.25, 0.3) is 5.91 Å². The van der Waals surface area contributed by atoms with Crippen molar-refractivity contribution in [3.8, 4) is 11.5 Å². The van der Waals surface area contributed by atoms with Gasteiger partial charge in [0.1, 0.15) is 17.3 Å². The zero-order valence-electron chi connectivity index (χ0n) is 12.3. The molecule has 2 aromatic rings. The molecule has 8 heteroatoms. The van der Waals surface area contributed by atoms with E-state index in [0.29, 0.717) is 11.5 Å². The molecule has 0 fully saturated rings. The van der Waals surface area contributed by atoms with E-state index < -0.39 is 35.7 Å². The molecule has 0 aliphatic carbocycles. The number of rotatable bonds is 4. The summed E-state index contributed by atoms with van der Waals surface area (Å²) in [6.07, 6.45) is 0. The summed E-state index contributed by atoms with van der Waals surface area (Å²) in [5.74, 6) is -2.12. The first kappa shape index (κ1) is 15.7. The van der Waals surface area contributed by atoms with E-state index in [1.54, 1.807) is 6.07 Å². The lowest BCUT2D eigenvalue weighted by Gasteiger charge is -2.09. The van der Waals surface area contributed by atoms with Crippen LogP contribution in [0, 0.1) is 11.6 Å². The number of benzene rings is 2. The zero-order chi connectivity index (χ0) is 17.1. The Bertz CT molecular complexity index is 790. The molecule has 0 spiro atoms. The first-order valence-electron chi connectivity index (χ1n) is 6.96. The number of nitrogens with one attached hydrogen (secondary N) is 2. The molecule has 2 aromatic carbocycles. The third kappa shape index (κ3) is 3.27. The minimum Gasteiger partial charge on any atom is -0.454 e. The maximum Gasteiger partial charge on any atom is 0.251 e. The topological polar surface area (TPSA) is 76.7 Å². The van der Waals surface area contributed by atoms with Gasteiger partial charge in [-0.2, -0.15) is 0 Å². The largest absolute Gasteiger partial charge is 0.454 e. The minimum absolute atomic E-state index is 0.0804. The van der Waals surface area contributed by atoms with Crippen molar-refractivity contribution in [3.63, 3.8) is 0 Å². The Kier molecular flexibility index (Phi) is 4.28. The number of amides is 2. The van der Waals surface area contributed by atoms with E-state index in [1.807, 2.05) is 0 Å². The highest BCUT2D eigenvalue weighted by atomic mass is 19.1. The molecule has 0 bridgehead atoms. The molecule has 0 unspecified atom stereocenters. The summed E-state index contributed by atoms with van der Waals surface area (Å²) >= 11 is 0. The third-order valence-corrected chi connectivity index (χ3v) is 3.27. The average molecular weight is 334 g/mol. The molecule has 3 rings (SSSR count). The van der Waals surface area contributed by atoms with Crippen LogP contribution in [0.2, 0.25) is 0 Å². The number of anilines is 1. The van der Waals surface area contributed by atoms with E-state index in [2.05, 4.69) is 10.6 Å². The lowest BCUT2D eigenvalue weighted by Crippen LogP contribution is -2.33. The number of halogens is 2. The fourth-order valence-corrected chi connectivity index (χ4v) is 2.10. The van der Waals surface area contributed by atoms with Crippen LogP contribution in [0.4, 0.5) is 14.5 Å². The van der Waals surface area contributed by atoms with Gasteiger partial charge in [0, 0.05) is 5.56 Å². The van der Waals surface area contributed by atoms with Crippen molar-refractivity contribution < 1.29 is 27.8 Å². The van der Waals surface area contributed by atoms with Crippen molar-refractivity contribution in [2.45, 2.75) is 0 Å². The van der Waals surface area contributed by atoms with Crippen LogP contribution >= 0.6 is 0 Å². The van der Waals surface area contributed by atoms with Crippen LogP contribution in [-0.4, -0.2) is 25.2 Å². The van der Waals surface area contributed by atoms with Gasteiger partial charge in [-0.1, -0.05) is 6.07 Å². The molecule has 0 radical (unpaired) electrons. The first-order chi connectivity index (χ1) is 11.5. The fraction of sp³-hybridized carbons (Fsp3) is 0.125. The van der Waals surface area contributed by atoms with E-state index in [4.69, 9.17) is 9.47 Å². The van der Waals surface area contributed by atoms with Gasteiger partial charge in [0.15, 0.2) is 11.5 Å². The second kappa shape index (κ2) is 6.53. The summed E-state index contributed by atoms with van der Waals surface area (Å²) in [7, 11) is 0. The lowest BCUT2D eigenvalue weighted by molar-refractivity contribution is -0.115. The summed E-state index contributed by atoms with van der Waals surface area (Å²) < 4.78 is 37.2. The van der Waals surface area contributed by atoms with Gasteiger partial charge in [0.2, 0.25) is 12.7 Å². The van der Waals surface area contributed by atoms with Gasteiger partial charge in [-0.3, -0.25) is 9.59 Å². The number of hydrogen-bond acceptors (Lipinski definition) is 4. The molecular formula is C16H12F2N2O4. The third-order valence-electron chi connectivity index (χ3n) is 3.27. The molecule has 0 saturated carbocycles. The number of carbonyl (C=O) groups is 2. The smallest absolute Gasteiger partial charge is 0.251 e. The van der Waals surface area contributed by atoms with Crippen molar-refractivity contribution in [3.05, 3.63) is 53.6 Å². The van der Waals surface area contributed by atoms with Gasteiger partial charge in [-0.15, -0.1) is 0 Å². The maximum absolute atomic E-state index is 13.4. The van der Waals surface area contributed by atoms with E-state index >= 15 is 0 Å². The Labute approximate surface area is 135 Å².